The number of aromatic nitrogens is 2. The van der Waals surface area contributed by atoms with Gasteiger partial charge in [-0.05, 0) is 57.4 Å². The number of hydrogen-bond donors (Lipinski definition) is 1. The van der Waals surface area contributed by atoms with Gasteiger partial charge in [0, 0.05) is 31.5 Å². The monoisotopic (exact) mass is 377 g/mol. The summed E-state index contributed by atoms with van der Waals surface area (Å²) in [6, 6.07) is 7.85. The lowest BCUT2D eigenvalue weighted by molar-refractivity contribution is -0.124. The molecule has 0 atom stereocenters. The summed E-state index contributed by atoms with van der Waals surface area (Å²) in [7, 11) is -0.0864. The van der Waals surface area contributed by atoms with Gasteiger partial charge in [-0.2, -0.15) is 0 Å². The van der Waals surface area contributed by atoms with Gasteiger partial charge in [-0.3, -0.25) is 4.79 Å². The molecule has 0 aliphatic rings. The molecule has 0 aliphatic carbocycles. The van der Waals surface area contributed by atoms with E-state index in [-0.39, 0.29) is 11.4 Å². The largest absolute Gasteiger partial charge is 0.324 e. The lowest BCUT2D eigenvalue weighted by Gasteiger charge is -2.22. The van der Waals surface area contributed by atoms with Crippen LogP contribution in [0.3, 0.4) is 0 Å². The smallest absolute Gasteiger partial charge is 0.266 e. The van der Waals surface area contributed by atoms with Crippen LogP contribution in [0.1, 0.15) is 13.3 Å². The number of nitrogens with one attached hydrogen (secondary N) is 1. The number of hydrogen-bond acceptors (Lipinski definition) is 7. The summed E-state index contributed by atoms with van der Waals surface area (Å²) in [6.45, 7) is 2.10. The molecular weight excluding hydrogens is 354 g/mol. The highest BCUT2D eigenvalue weighted by Crippen LogP contribution is 2.20. The first kappa shape index (κ1) is 19.8. The van der Waals surface area contributed by atoms with Crippen molar-refractivity contribution in [3.63, 3.8) is 0 Å². The van der Waals surface area contributed by atoms with E-state index in [1.54, 1.807) is 30.6 Å². The highest BCUT2D eigenvalue weighted by Gasteiger charge is 2.26. The fraction of sp³-hybridized carbons (Fsp3) is 0.353. The quantitative estimate of drug-likeness (QED) is 0.748. The van der Waals surface area contributed by atoms with Gasteiger partial charge in [-0.1, -0.05) is 0 Å². The second kappa shape index (κ2) is 8.72. The van der Waals surface area contributed by atoms with Crippen LogP contribution < -0.4 is 5.32 Å². The topological polar surface area (TPSA) is 95.5 Å². The Morgan fingerprint density at radius 1 is 1.08 bits per heavy atom. The summed E-state index contributed by atoms with van der Waals surface area (Å²) >= 11 is 0. The molecule has 2 aromatic rings. The van der Waals surface area contributed by atoms with E-state index >= 15 is 0 Å². The van der Waals surface area contributed by atoms with Gasteiger partial charge >= 0.3 is 0 Å². The van der Waals surface area contributed by atoms with E-state index in [1.165, 1.54) is 19.1 Å². The summed E-state index contributed by atoms with van der Waals surface area (Å²) in [5.41, 5.74) is 0.650. The van der Waals surface area contributed by atoms with E-state index in [9.17, 15) is 13.2 Å². The molecule has 1 aromatic heterocycles. The third-order valence-corrected chi connectivity index (χ3v) is 5.47. The fourth-order valence-corrected chi connectivity index (χ4v) is 3.75. The van der Waals surface area contributed by atoms with Gasteiger partial charge in [0.15, 0.2) is 0 Å². The summed E-state index contributed by atoms with van der Waals surface area (Å²) in [4.78, 5) is 22.0. The number of benzene rings is 1. The highest BCUT2D eigenvalue weighted by molar-refractivity contribution is 7.89. The maximum atomic E-state index is 12.8. The lowest BCUT2D eigenvalue weighted by atomic mass is 10.3. The van der Waals surface area contributed by atoms with E-state index in [0.29, 0.717) is 24.6 Å². The number of carbonyl (C=O) groups excluding carboxylic acids is 1. The van der Waals surface area contributed by atoms with Crippen molar-refractivity contribution in [2.24, 2.45) is 0 Å². The zero-order chi connectivity index (χ0) is 19.2. The van der Waals surface area contributed by atoms with Crippen LogP contribution in [0.2, 0.25) is 0 Å². The molecule has 0 aliphatic heterocycles. The Morgan fingerprint density at radius 3 is 2.23 bits per heavy atom. The first-order valence-corrected chi connectivity index (χ1v) is 9.57. The molecule has 0 saturated carbocycles. The number of carbonyl (C=O) groups is 1. The third-order valence-electron chi connectivity index (χ3n) is 3.58. The maximum Gasteiger partial charge on any atom is 0.266 e. The minimum absolute atomic E-state index is 0.0667. The predicted octanol–water partition coefficient (Wildman–Crippen LogP) is 1.71. The second-order valence-electron chi connectivity index (χ2n) is 5.97. The molecule has 8 nitrogen and oxygen atoms in total. The van der Waals surface area contributed by atoms with Crippen LogP contribution in [0.15, 0.2) is 47.6 Å². The predicted molar refractivity (Wildman–Crippen MR) is 99.5 cm³/mol. The van der Waals surface area contributed by atoms with Crippen molar-refractivity contribution in [1.82, 2.24) is 19.2 Å². The summed E-state index contributed by atoms with van der Waals surface area (Å²) in [5, 5.41) is 2.98. The SMILES string of the molecule is CC(=O)N(CCCN(C)C)S(=O)(=O)c1ccc(Nc2ncccn2)cc1. The zero-order valence-corrected chi connectivity index (χ0v) is 15.9. The highest BCUT2D eigenvalue weighted by atomic mass is 32.2. The molecule has 0 fully saturated rings. The van der Waals surface area contributed by atoms with Crippen molar-refractivity contribution in [2.45, 2.75) is 18.2 Å². The summed E-state index contributed by atoms with van der Waals surface area (Å²) in [6.07, 6.45) is 3.77. The minimum Gasteiger partial charge on any atom is -0.324 e. The number of anilines is 2. The first-order valence-electron chi connectivity index (χ1n) is 8.13. The Labute approximate surface area is 153 Å². The number of rotatable bonds is 8. The third kappa shape index (κ3) is 5.24. The zero-order valence-electron chi connectivity index (χ0n) is 15.1. The van der Waals surface area contributed by atoms with Crippen LogP contribution in [-0.2, 0) is 14.8 Å². The molecule has 1 amide bonds. The van der Waals surface area contributed by atoms with Crippen LogP contribution in [0.25, 0.3) is 0 Å². The van der Waals surface area contributed by atoms with Crippen LogP contribution in [0.5, 0.6) is 0 Å². The summed E-state index contributed by atoms with van der Waals surface area (Å²) < 4.78 is 26.4. The maximum absolute atomic E-state index is 12.8. The molecule has 0 bridgehead atoms. The van der Waals surface area contributed by atoms with E-state index in [0.717, 1.165) is 4.31 Å². The van der Waals surface area contributed by atoms with Crippen molar-refractivity contribution in [3.05, 3.63) is 42.7 Å². The van der Waals surface area contributed by atoms with Crippen molar-refractivity contribution >= 4 is 27.6 Å². The molecule has 9 heteroatoms. The van der Waals surface area contributed by atoms with Gasteiger partial charge < -0.3 is 10.2 Å². The van der Waals surface area contributed by atoms with Gasteiger partial charge in [0.1, 0.15) is 0 Å². The fourth-order valence-electron chi connectivity index (χ4n) is 2.31. The lowest BCUT2D eigenvalue weighted by Crippen LogP contribution is -2.37. The average Bonchev–Trinajstić information content (AvgIpc) is 2.59. The molecule has 1 N–H and O–H groups in total. The molecule has 140 valence electrons. The van der Waals surface area contributed by atoms with E-state index in [1.807, 2.05) is 19.0 Å². The van der Waals surface area contributed by atoms with Gasteiger partial charge in [-0.25, -0.2) is 22.7 Å². The van der Waals surface area contributed by atoms with E-state index in [4.69, 9.17) is 0 Å². The minimum atomic E-state index is -3.88. The number of amides is 1. The van der Waals surface area contributed by atoms with E-state index in [2.05, 4.69) is 15.3 Å². The Hall–Kier alpha value is -2.52. The standard InChI is InChI=1S/C17H23N5O3S/c1-14(23)22(13-5-12-21(2)3)26(24,25)16-8-6-15(7-9-16)20-17-18-10-4-11-19-17/h4,6-11H,5,12-13H2,1-3H3,(H,18,19,20). The van der Waals surface area contributed by atoms with E-state index < -0.39 is 15.9 Å². The Bertz CT molecular complexity index is 823. The van der Waals surface area contributed by atoms with Crippen LogP contribution >= 0.6 is 0 Å². The Kier molecular flexibility index (Phi) is 6.64. The number of sulfonamides is 1. The van der Waals surface area contributed by atoms with Gasteiger partial charge in [-0.15, -0.1) is 0 Å². The van der Waals surface area contributed by atoms with Crippen molar-refractivity contribution in [3.8, 4) is 0 Å². The molecule has 0 spiro atoms. The Morgan fingerprint density at radius 2 is 1.69 bits per heavy atom. The molecule has 1 aromatic carbocycles. The Balaban J connectivity index is 2.14. The normalized spacial score (nSPS) is 11.4. The van der Waals surface area contributed by atoms with Gasteiger partial charge in [0.05, 0.1) is 4.90 Å². The molecule has 0 saturated heterocycles. The van der Waals surface area contributed by atoms with Gasteiger partial charge in [0.25, 0.3) is 10.0 Å². The van der Waals surface area contributed by atoms with Crippen molar-refractivity contribution in [1.29, 1.82) is 0 Å². The molecule has 0 unspecified atom stereocenters. The molecule has 1 heterocycles. The van der Waals surface area contributed by atoms with Crippen LogP contribution in [0, 0.1) is 0 Å². The second-order valence-corrected chi connectivity index (χ2v) is 7.84. The molecule has 0 radical (unpaired) electrons. The first-order chi connectivity index (χ1) is 12.3. The summed E-state index contributed by atoms with van der Waals surface area (Å²) in [5.74, 6) is -0.0826. The molecular formula is C17H23N5O3S. The molecule has 26 heavy (non-hydrogen) atoms. The van der Waals surface area contributed by atoms with Crippen LogP contribution in [0.4, 0.5) is 11.6 Å². The molecule has 2 rings (SSSR count). The van der Waals surface area contributed by atoms with Gasteiger partial charge in [0.2, 0.25) is 11.9 Å². The van der Waals surface area contributed by atoms with Crippen LogP contribution in [-0.4, -0.2) is 60.7 Å². The average molecular weight is 377 g/mol. The number of nitrogens with zero attached hydrogens (tertiary/aromatic N) is 4. The van der Waals surface area contributed by atoms with Crippen molar-refractivity contribution < 1.29 is 13.2 Å². The van der Waals surface area contributed by atoms with Crippen molar-refractivity contribution in [2.75, 3.05) is 32.5 Å².